The zero-order chi connectivity index (χ0) is 22.2. The van der Waals surface area contributed by atoms with Crippen LogP contribution in [0.25, 0.3) is 0 Å². The highest BCUT2D eigenvalue weighted by Gasteiger charge is 2.08. The number of urea groups is 1. The number of carbonyl (C=O) groups is 2. The fourth-order valence-corrected chi connectivity index (χ4v) is 2.79. The Morgan fingerprint density at radius 3 is 2.55 bits per heavy atom. The quantitative estimate of drug-likeness (QED) is 0.411. The molecule has 0 unspecified atom stereocenters. The van der Waals surface area contributed by atoms with Crippen LogP contribution < -0.4 is 31.0 Å². The number of amides is 3. The molecule has 2 aromatic carbocycles. The second-order valence-corrected chi connectivity index (χ2v) is 6.55. The highest BCUT2D eigenvalue weighted by Crippen LogP contribution is 2.27. The van der Waals surface area contributed by atoms with Gasteiger partial charge in [0.15, 0.2) is 0 Å². The van der Waals surface area contributed by atoms with Crippen molar-refractivity contribution in [2.45, 2.75) is 0 Å². The van der Waals surface area contributed by atoms with E-state index in [-0.39, 0.29) is 11.6 Å². The molecule has 0 aliphatic heterocycles. The van der Waals surface area contributed by atoms with Crippen LogP contribution in [0.1, 0.15) is 10.5 Å². The molecule has 3 aromatic rings. The first-order valence-corrected chi connectivity index (χ1v) is 9.49. The summed E-state index contributed by atoms with van der Waals surface area (Å²) >= 11 is 6.05. The summed E-state index contributed by atoms with van der Waals surface area (Å²) in [5.74, 6) is 1.16. The van der Waals surface area contributed by atoms with E-state index in [1.54, 1.807) is 48.5 Å². The summed E-state index contributed by atoms with van der Waals surface area (Å²) in [4.78, 5) is 27.8. The number of nitrogens with zero attached hydrogens (tertiary/aromatic N) is 1. The molecule has 1 aromatic heterocycles. The largest absolute Gasteiger partial charge is 0.495 e. The van der Waals surface area contributed by atoms with Gasteiger partial charge in [-0.1, -0.05) is 17.7 Å². The summed E-state index contributed by atoms with van der Waals surface area (Å²) in [7, 11) is 3.04. The summed E-state index contributed by atoms with van der Waals surface area (Å²) in [6, 6.07) is 14.5. The molecule has 0 radical (unpaired) electrons. The molecule has 0 aliphatic carbocycles. The molecule has 10 heteroatoms. The third kappa shape index (κ3) is 6.00. The molecule has 0 aliphatic rings. The van der Waals surface area contributed by atoms with Crippen LogP contribution in [0.15, 0.2) is 60.8 Å². The minimum absolute atomic E-state index is 0.242. The van der Waals surface area contributed by atoms with E-state index in [0.717, 1.165) is 0 Å². The van der Waals surface area contributed by atoms with E-state index in [9.17, 15) is 9.59 Å². The second kappa shape index (κ2) is 10.2. The highest BCUT2D eigenvalue weighted by molar-refractivity contribution is 6.32. The Balaban J connectivity index is 1.59. The fourth-order valence-electron chi connectivity index (χ4n) is 2.54. The van der Waals surface area contributed by atoms with Gasteiger partial charge in [-0.2, -0.15) is 0 Å². The van der Waals surface area contributed by atoms with E-state index in [0.29, 0.717) is 33.6 Å². The molecule has 1 heterocycles. The Hall–Kier alpha value is -3.98. The van der Waals surface area contributed by atoms with Crippen LogP contribution in [-0.4, -0.2) is 31.1 Å². The number of anilines is 2. The average molecular weight is 442 g/mol. The maximum atomic E-state index is 12.1. The minimum Gasteiger partial charge on any atom is -0.495 e. The van der Waals surface area contributed by atoms with Crippen molar-refractivity contribution in [1.82, 2.24) is 15.7 Å². The number of hydrazine groups is 1. The summed E-state index contributed by atoms with van der Waals surface area (Å²) < 4.78 is 10.9. The van der Waals surface area contributed by atoms with Gasteiger partial charge >= 0.3 is 6.03 Å². The number of methoxy groups -OCH3 is 1. The monoisotopic (exact) mass is 441 g/mol. The van der Waals surface area contributed by atoms with E-state index >= 15 is 0 Å². The first-order chi connectivity index (χ1) is 15.0. The predicted octanol–water partition coefficient (Wildman–Crippen LogP) is 4.04. The molecule has 31 heavy (non-hydrogen) atoms. The lowest BCUT2D eigenvalue weighted by molar-refractivity contribution is 0.0958. The zero-order valence-electron chi connectivity index (χ0n) is 16.7. The lowest BCUT2D eigenvalue weighted by Gasteiger charge is -2.12. The van der Waals surface area contributed by atoms with Gasteiger partial charge in [0.25, 0.3) is 5.91 Å². The van der Waals surface area contributed by atoms with Gasteiger partial charge in [0.05, 0.1) is 17.8 Å². The molecule has 4 N–H and O–H groups in total. The third-order valence-corrected chi connectivity index (χ3v) is 4.29. The Morgan fingerprint density at radius 1 is 1.00 bits per heavy atom. The van der Waals surface area contributed by atoms with Crippen molar-refractivity contribution in [2.24, 2.45) is 0 Å². The minimum atomic E-state index is -0.489. The number of hydrogen-bond donors (Lipinski definition) is 4. The van der Waals surface area contributed by atoms with Gasteiger partial charge in [0.2, 0.25) is 0 Å². The SMILES string of the molecule is CNC(=O)c1cc(Oc2cccc(NNC(=O)Nc3ccc(OC)c(Cl)c3)c2)ccn1. The van der Waals surface area contributed by atoms with Crippen molar-refractivity contribution in [2.75, 3.05) is 24.9 Å². The summed E-state index contributed by atoms with van der Waals surface area (Å²) in [6.07, 6.45) is 1.49. The maximum Gasteiger partial charge on any atom is 0.337 e. The zero-order valence-corrected chi connectivity index (χ0v) is 17.5. The number of rotatable bonds is 7. The number of ether oxygens (including phenoxy) is 2. The van der Waals surface area contributed by atoms with Gasteiger partial charge in [0, 0.05) is 31.1 Å². The second-order valence-electron chi connectivity index (χ2n) is 6.14. The van der Waals surface area contributed by atoms with Crippen LogP contribution in [-0.2, 0) is 0 Å². The van der Waals surface area contributed by atoms with Crippen LogP contribution in [0.5, 0.6) is 17.2 Å². The average Bonchev–Trinajstić information content (AvgIpc) is 2.78. The molecule has 160 valence electrons. The maximum absolute atomic E-state index is 12.1. The molecule has 0 spiro atoms. The van der Waals surface area contributed by atoms with Crippen LogP contribution >= 0.6 is 11.6 Å². The number of carbonyl (C=O) groups excluding carboxylic acids is 2. The van der Waals surface area contributed by atoms with Crippen molar-refractivity contribution in [3.8, 4) is 17.2 Å². The molecule has 3 rings (SSSR count). The Labute approximate surface area is 183 Å². The summed E-state index contributed by atoms with van der Waals surface area (Å²) in [6.45, 7) is 0. The van der Waals surface area contributed by atoms with Crippen LogP contribution in [0.2, 0.25) is 5.02 Å². The fraction of sp³-hybridized carbons (Fsp3) is 0.0952. The third-order valence-electron chi connectivity index (χ3n) is 3.99. The van der Waals surface area contributed by atoms with Crippen LogP contribution in [0.3, 0.4) is 0 Å². The predicted molar refractivity (Wildman–Crippen MR) is 118 cm³/mol. The number of nitrogens with one attached hydrogen (secondary N) is 4. The van der Waals surface area contributed by atoms with Crippen molar-refractivity contribution in [3.05, 3.63) is 71.5 Å². The lowest BCUT2D eigenvalue weighted by Crippen LogP contribution is -2.33. The molecule has 0 saturated heterocycles. The molecule has 0 saturated carbocycles. The van der Waals surface area contributed by atoms with Crippen molar-refractivity contribution in [1.29, 1.82) is 0 Å². The van der Waals surface area contributed by atoms with Gasteiger partial charge in [-0.05, 0) is 36.4 Å². The van der Waals surface area contributed by atoms with Gasteiger partial charge in [-0.15, -0.1) is 0 Å². The van der Waals surface area contributed by atoms with E-state index in [2.05, 4.69) is 26.5 Å². The van der Waals surface area contributed by atoms with Gasteiger partial charge in [0.1, 0.15) is 22.9 Å². The van der Waals surface area contributed by atoms with Crippen LogP contribution in [0, 0.1) is 0 Å². The Morgan fingerprint density at radius 2 is 1.81 bits per heavy atom. The van der Waals surface area contributed by atoms with Crippen LogP contribution in [0.4, 0.5) is 16.2 Å². The van der Waals surface area contributed by atoms with Crippen molar-refractivity contribution < 1.29 is 19.1 Å². The standard InChI is InChI=1S/C21H20ClN5O4/c1-23-20(28)18-12-16(8-9-24-18)31-15-5-3-4-14(10-15)26-27-21(29)25-13-6-7-19(30-2)17(22)11-13/h3-12,26H,1-2H3,(H,23,28)(H2,25,27,29). The molecule has 0 fully saturated rings. The normalized spacial score (nSPS) is 10.0. The van der Waals surface area contributed by atoms with E-state index in [4.69, 9.17) is 21.1 Å². The highest BCUT2D eigenvalue weighted by atomic mass is 35.5. The molecule has 0 atom stereocenters. The number of benzene rings is 2. The first-order valence-electron chi connectivity index (χ1n) is 9.11. The summed E-state index contributed by atoms with van der Waals surface area (Å²) in [5, 5.41) is 5.54. The number of halogens is 1. The topological polar surface area (TPSA) is 114 Å². The number of hydrogen-bond acceptors (Lipinski definition) is 6. The molecule has 3 amide bonds. The number of pyridine rings is 1. The first kappa shape index (κ1) is 21.7. The molecule has 9 nitrogen and oxygen atoms in total. The molecular weight excluding hydrogens is 422 g/mol. The number of aromatic nitrogens is 1. The lowest BCUT2D eigenvalue weighted by atomic mass is 10.3. The van der Waals surface area contributed by atoms with E-state index in [1.165, 1.54) is 26.4 Å². The van der Waals surface area contributed by atoms with E-state index < -0.39 is 6.03 Å². The summed E-state index contributed by atoms with van der Waals surface area (Å²) in [5.41, 5.74) is 6.65. The van der Waals surface area contributed by atoms with Crippen molar-refractivity contribution in [3.63, 3.8) is 0 Å². The van der Waals surface area contributed by atoms with Gasteiger partial charge in [-0.3, -0.25) is 20.6 Å². The van der Waals surface area contributed by atoms with Gasteiger partial charge < -0.3 is 20.1 Å². The Kier molecular flexibility index (Phi) is 7.13. The molecular formula is C21H20ClN5O4. The Bertz CT molecular complexity index is 1090. The van der Waals surface area contributed by atoms with Gasteiger partial charge in [-0.25, -0.2) is 4.79 Å². The smallest absolute Gasteiger partial charge is 0.337 e. The molecule has 0 bridgehead atoms. The van der Waals surface area contributed by atoms with E-state index in [1.807, 2.05) is 0 Å². The van der Waals surface area contributed by atoms with Crippen molar-refractivity contribution >= 4 is 34.9 Å².